The number of fused-ring (bicyclic) bond motifs is 2. The van der Waals surface area contributed by atoms with Crippen LogP contribution in [-0.4, -0.2) is 121 Å². The summed E-state index contributed by atoms with van der Waals surface area (Å²) in [7, 11) is -2.99. The molecule has 0 saturated carbocycles. The Balaban J connectivity index is 0.735. The molecule has 3 N–H and O–H groups in total. The predicted molar refractivity (Wildman–Crippen MR) is 247 cm³/mol. The summed E-state index contributed by atoms with van der Waals surface area (Å²) in [6, 6.07) is 18.1. The molecule has 67 heavy (non-hydrogen) atoms. The van der Waals surface area contributed by atoms with E-state index in [9.17, 15) is 32.0 Å². The molecule has 4 saturated heterocycles. The third-order valence-corrected chi connectivity index (χ3v) is 15.8. The van der Waals surface area contributed by atoms with Crippen LogP contribution in [0.3, 0.4) is 0 Å². The number of hydrogen-bond donors (Lipinski definition) is 3. The van der Waals surface area contributed by atoms with Crippen LogP contribution in [0, 0.1) is 11.7 Å². The SMILES string of the molecule is COc1ccc(NS(=O)(=O)N2CC[C@@H](F)C2)c(F)c1C(=O)c1c[nH]c2ncc(-c3ccc(N4CC[C@@H](CCN5CCC(c6ccc7c(c6)CN(C6CCC(=O)NC6=O)C7=O)CC5)C4)cc3)cc12. The molecular weight excluding hydrogens is 883 g/mol. The number of ether oxygens (including phenoxy) is 1. The molecule has 2 aromatic heterocycles. The number of halogens is 2. The van der Waals surface area contributed by atoms with Crippen LogP contribution in [0.5, 0.6) is 5.75 Å². The second-order valence-electron chi connectivity index (χ2n) is 18.4. The average molecular weight is 935 g/mol. The van der Waals surface area contributed by atoms with Gasteiger partial charge in [-0.2, -0.15) is 12.7 Å². The zero-order valence-corrected chi connectivity index (χ0v) is 37.9. The molecule has 3 amide bonds. The van der Waals surface area contributed by atoms with Crippen molar-refractivity contribution in [2.45, 2.75) is 69.6 Å². The van der Waals surface area contributed by atoms with Crippen LogP contribution in [0.4, 0.5) is 20.2 Å². The van der Waals surface area contributed by atoms with Gasteiger partial charge in [0.2, 0.25) is 17.6 Å². The van der Waals surface area contributed by atoms with Crippen molar-refractivity contribution in [3.8, 4) is 16.9 Å². The number of aromatic amines is 1. The van der Waals surface area contributed by atoms with Gasteiger partial charge < -0.3 is 24.4 Å². The number of methoxy groups -OCH3 is 1. The minimum absolute atomic E-state index is 0.0421. The fourth-order valence-corrected chi connectivity index (χ4v) is 11.8. The normalized spacial score (nSPS) is 21.9. The summed E-state index contributed by atoms with van der Waals surface area (Å²) >= 11 is 0. The number of nitrogens with one attached hydrogen (secondary N) is 3. The van der Waals surface area contributed by atoms with Crippen LogP contribution >= 0.6 is 0 Å². The molecule has 4 fully saturated rings. The number of carbonyl (C=O) groups is 4. The van der Waals surface area contributed by atoms with Crippen molar-refractivity contribution < 1.29 is 41.1 Å². The van der Waals surface area contributed by atoms with Gasteiger partial charge in [-0.3, -0.25) is 29.2 Å². The standard InChI is InChI=1S/C49H52F2N8O7S/c1-66-42-10-8-40(55-67(64,65)58-21-16-35(50)28-58)45(51)44(42)46(61)39-25-53-47-38(39)23-33(24-52-47)30-2-5-36(6-3-30)57-20-13-29(26-57)12-17-56-18-14-31(15-19-56)32-4-7-37-34(22-32)27-59(49(37)63)41-9-11-43(60)54-48(41)62/h2-8,10,22-25,29,31,35,41,55H,9,11-21,26-28H2,1H3,(H,52,53)(H,54,60,62)/t29-,35-,41?/m1/s1. The summed E-state index contributed by atoms with van der Waals surface area (Å²) in [5.41, 5.74) is 5.26. The van der Waals surface area contributed by atoms with Gasteiger partial charge in [-0.1, -0.05) is 24.3 Å². The van der Waals surface area contributed by atoms with E-state index in [1.165, 1.54) is 31.0 Å². The number of piperidine rings is 2. The third kappa shape index (κ3) is 8.77. The number of H-pyrrole nitrogens is 1. The van der Waals surface area contributed by atoms with E-state index >= 15 is 4.39 Å². The highest BCUT2D eigenvalue weighted by Crippen LogP contribution is 2.37. The summed E-state index contributed by atoms with van der Waals surface area (Å²) in [5.74, 6) is -1.75. The zero-order chi connectivity index (χ0) is 46.6. The second-order valence-corrected chi connectivity index (χ2v) is 20.0. The van der Waals surface area contributed by atoms with Crippen LogP contribution in [0.15, 0.2) is 73.1 Å². The van der Waals surface area contributed by atoms with E-state index in [0.717, 1.165) is 85.1 Å². The number of alkyl halides is 1. The number of pyridine rings is 1. The van der Waals surface area contributed by atoms with Crippen molar-refractivity contribution in [2.24, 2.45) is 5.92 Å². The number of nitrogens with zero attached hydrogens (tertiary/aromatic N) is 5. The molecule has 1 unspecified atom stereocenters. The van der Waals surface area contributed by atoms with E-state index < -0.39 is 51.2 Å². The largest absolute Gasteiger partial charge is 0.496 e. The van der Waals surface area contributed by atoms with Crippen LogP contribution in [-0.2, 0) is 26.3 Å². The van der Waals surface area contributed by atoms with Gasteiger partial charge in [-0.15, -0.1) is 0 Å². The number of aromatic nitrogens is 2. The number of hydrogen-bond acceptors (Lipinski definition) is 10. The zero-order valence-electron chi connectivity index (χ0n) is 37.1. The molecule has 0 bridgehead atoms. The number of likely N-dealkylation sites (tertiary alicyclic amines) is 1. The number of anilines is 2. The number of imide groups is 1. The van der Waals surface area contributed by atoms with E-state index in [-0.39, 0.29) is 49.1 Å². The second kappa shape index (κ2) is 18.1. The number of ketones is 1. The topological polar surface area (TPSA) is 177 Å². The molecule has 7 heterocycles. The quantitative estimate of drug-likeness (QED) is 0.0915. The highest BCUT2D eigenvalue weighted by Gasteiger charge is 2.40. The van der Waals surface area contributed by atoms with Gasteiger partial charge in [0.15, 0.2) is 5.82 Å². The summed E-state index contributed by atoms with van der Waals surface area (Å²) in [4.78, 5) is 65.5. The Bertz CT molecular complexity index is 2890. The molecule has 0 spiro atoms. The Hall–Kier alpha value is -6.24. The molecule has 3 atom stereocenters. The van der Waals surface area contributed by atoms with Crippen LogP contribution < -0.4 is 19.7 Å². The number of benzene rings is 3. The average Bonchev–Trinajstić information content (AvgIpc) is 4.15. The monoisotopic (exact) mass is 934 g/mol. The predicted octanol–water partition coefficient (Wildman–Crippen LogP) is 6.17. The van der Waals surface area contributed by atoms with Crippen LogP contribution in [0.2, 0.25) is 0 Å². The van der Waals surface area contributed by atoms with Crippen molar-refractivity contribution in [1.29, 1.82) is 0 Å². The van der Waals surface area contributed by atoms with Crippen LogP contribution in [0.1, 0.15) is 88.3 Å². The molecule has 18 heteroatoms. The maximum atomic E-state index is 16.1. The first-order valence-corrected chi connectivity index (χ1v) is 24.4. The van der Waals surface area contributed by atoms with E-state index in [1.54, 1.807) is 11.1 Å². The first kappa shape index (κ1) is 44.6. The van der Waals surface area contributed by atoms with Gasteiger partial charge >= 0.3 is 10.2 Å². The Morgan fingerprint density at radius 2 is 1.73 bits per heavy atom. The molecule has 5 aliphatic heterocycles. The molecule has 0 aliphatic carbocycles. The van der Waals surface area contributed by atoms with Crippen molar-refractivity contribution in [3.05, 3.63) is 107 Å². The summed E-state index contributed by atoms with van der Waals surface area (Å²) in [5, 5.41) is 2.83. The maximum Gasteiger partial charge on any atom is 0.301 e. The molecule has 10 rings (SSSR count). The lowest BCUT2D eigenvalue weighted by molar-refractivity contribution is -0.136. The van der Waals surface area contributed by atoms with Gasteiger partial charge in [0.1, 0.15) is 29.2 Å². The highest BCUT2D eigenvalue weighted by atomic mass is 32.2. The molecule has 0 radical (unpaired) electrons. The van der Waals surface area contributed by atoms with Gasteiger partial charge in [-0.25, -0.2) is 13.8 Å². The molecule has 5 aromatic rings. The molecular formula is C49H52F2N8O7S. The van der Waals surface area contributed by atoms with Gasteiger partial charge in [0, 0.05) is 79.3 Å². The minimum Gasteiger partial charge on any atom is -0.496 e. The van der Waals surface area contributed by atoms with Crippen molar-refractivity contribution in [1.82, 2.24) is 29.4 Å². The van der Waals surface area contributed by atoms with Gasteiger partial charge in [0.05, 0.1) is 12.8 Å². The molecule has 350 valence electrons. The van der Waals surface area contributed by atoms with E-state index in [1.807, 2.05) is 24.3 Å². The summed E-state index contributed by atoms with van der Waals surface area (Å²) < 4.78 is 64.2. The minimum atomic E-state index is -4.28. The van der Waals surface area contributed by atoms with E-state index in [0.29, 0.717) is 41.4 Å². The van der Waals surface area contributed by atoms with Gasteiger partial charge in [0.25, 0.3) is 5.91 Å². The first-order valence-electron chi connectivity index (χ1n) is 23.0. The Morgan fingerprint density at radius 3 is 2.48 bits per heavy atom. The Labute approximate surface area is 387 Å². The lowest BCUT2D eigenvalue weighted by atomic mass is 9.87. The Morgan fingerprint density at radius 1 is 0.925 bits per heavy atom. The fraction of sp³-hybridized carbons (Fsp3) is 0.408. The lowest BCUT2D eigenvalue weighted by Crippen LogP contribution is -2.52. The van der Waals surface area contributed by atoms with Crippen molar-refractivity contribution in [3.63, 3.8) is 0 Å². The third-order valence-electron chi connectivity index (χ3n) is 14.3. The van der Waals surface area contributed by atoms with E-state index in [4.69, 9.17) is 4.74 Å². The molecule has 3 aromatic carbocycles. The number of amides is 3. The Kier molecular flexibility index (Phi) is 12.0. The lowest BCUT2D eigenvalue weighted by Gasteiger charge is -2.33. The fourth-order valence-electron chi connectivity index (χ4n) is 10.5. The van der Waals surface area contributed by atoms with Gasteiger partial charge in [-0.05, 0) is 123 Å². The maximum absolute atomic E-state index is 16.1. The first-order chi connectivity index (χ1) is 32.3. The highest BCUT2D eigenvalue weighted by molar-refractivity contribution is 7.90. The number of rotatable bonds is 13. The summed E-state index contributed by atoms with van der Waals surface area (Å²) in [6.07, 6.45) is 6.82. The van der Waals surface area contributed by atoms with Crippen molar-refractivity contribution in [2.75, 3.05) is 62.5 Å². The van der Waals surface area contributed by atoms with E-state index in [2.05, 4.69) is 54.1 Å². The smallest absolute Gasteiger partial charge is 0.301 e. The summed E-state index contributed by atoms with van der Waals surface area (Å²) in [6.45, 7) is 5.04. The van der Waals surface area contributed by atoms with Crippen molar-refractivity contribution >= 4 is 56.1 Å². The molecule has 5 aliphatic rings. The molecule has 15 nitrogen and oxygen atoms in total. The number of carbonyl (C=O) groups excluding carboxylic acids is 4. The van der Waals surface area contributed by atoms with Crippen LogP contribution in [0.25, 0.3) is 22.2 Å².